The summed E-state index contributed by atoms with van der Waals surface area (Å²) < 4.78 is 44.4. The molecule has 0 atom stereocenters. The number of ether oxygens (including phenoxy) is 1. The number of Topliss-reactive ketones (excluding diaryl/α,β-unsaturated/α-hetero) is 1. The van der Waals surface area contributed by atoms with Gasteiger partial charge in [0.2, 0.25) is 5.82 Å². The molecule has 0 amide bonds. The summed E-state index contributed by atoms with van der Waals surface area (Å²) >= 11 is 0. The molecule has 0 aliphatic rings. The predicted octanol–water partition coefficient (Wildman–Crippen LogP) is 3.42. The average Bonchev–Trinajstić information content (AvgIpc) is 2.66. The van der Waals surface area contributed by atoms with E-state index in [1.165, 1.54) is 6.92 Å². The van der Waals surface area contributed by atoms with Crippen molar-refractivity contribution in [2.24, 2.45) is 0 Å². The van der Waals surface area contributed by atoms with Gasteiger partial charge in [-0.3, -0.25) is 4.79 Å². The van der Waals surface area contributed by atoms with Crippen LogP contribution in [0.4, 0.5) is 13.2 Å². The summed E-state index contributed by atoms with van der Waals surface area (Å²) in [4.78, 5) is 14.4. The first-order chi connectivity index (χ1) is 9.00. The Labute approximate surface area is 117 Å². The van der Waals surface area contributed by atoms with Crippen LogP contribution in [0.25, 0.3) is 0 Å². The molecule has 0 spiro atoms. The van der Waals surface area contributed by atoms with E-state index in [0.717, 1.165) is 16.8 Å². The first kappa shape index (κ1) is 16.9. The minimum atomic E-state index is -4.60. The molecule has 114 valence electrons. The van der Waals surface area contributed by atoms with Crippen LogP contribution in [0.2, 0.25) is 25.7 Å². The van der Waals surface area contributed by atoms with E-state index in [-0.39, 0.29) is 12.4 Å². The fraction of sp³-hybridized carbons (Fsp3) is 0.667. The molecule has 1 rings (SSSR count). The zero-order valence-electron chi connectivity index (χ0n) is 12.0. The third kappa shape index (κ3) is 5.08. The number of rotatable bonds is 6. The van der Waals surface area contributed by atoms with E-state index in [1.54, 1.807) is 0 Å². The lowest BCUT2D eigenvalue weighted by Crippen LogP contribution is -2.22. The summed E-state index contributed by atoms with van der Waals surface area (Å²) in [7, 11) is -1.28. The van der Waals surface area contributed by atoms with Gasteiger partial charge in [0.1, 0.15) is 12.4 Å². The van der Waals surface area contributed by atoms with E-state index < -0.39 is 25.9 Å². The number of hydrogen-bond donors (Lipinski definition) is 0. The Hall–Kier alpha value is -1.15. The van der Waals surface area contributed by atoms with Gasteiger partial charge in [-0.25, -0.2) is 4.98 Å². The highest BCUT2D eigenvalue weighted by molar-refractivity contribution is 6.76. The van der Waals surface area contributed by atoms with Gasteiger partial charge >= 0.3 is 6.18 Å². The third-order valence-electron chi connectivity index (χ3n) is 2.62. The van der Waals surface area contributed by atoms with Crippen molar-refractivity contribution in [3.63, 3.8) is 0 Å². The molecule has 0 aliphatic carbocycles. The highest BCUT2D eigenvalue weighted by Crippen LogP contribution is 2.28. The topological polar surface area (TPSA) is 44.1 Å². The van der Waals surface area contributed by atoms with E-state index >= 15 is 0 Å². The number of carbonyl (C=O) groups is 1. The van der Waals surface area contributed by atoms with Crippen LogP contribution >= 0.6 is 0 Å². The maximum atomic E-state index is 12.8. The SMILES string of the molecule is CC(=O)c1cn(COCC[Si](C)(C)C)c(C(F)(F)F)n1. The van der Waals surface area contributed by atoms with Gasteiger partial charge in [0.15, 0.2) is 5.78 Å². The van der Waals surface area contributed by atoms with Crippen molar-refractivity contribution in [3.05, 3.63) is 17.7 Å². The molecule has 8 heteroatoms. The lowest BCUT2D eigenvalue weighted by atomic mass is 10.3. The van der Waals surface area contributed by atoms with Crippen LogP contribution in [0.3, 0.4) is 0 Å². The molecule has 0 saturated heterocycles. The van der Waals surface area contributed by atoms with Crippen molar-refractivity contribution in [2.75, 3.05) is 6.61 Å². The van der Waals surface area contributed by atoms with E-state index in [2.05, 4.69) is 24.6 Å². The minimum absolute atomic E-state index is 0.203. The van der Waals surface area contributed by atoms with Crippen molar-refractivity contribution in [2.45, 2.75) is 45.5 Å². The van der Waals surface area contributed by atoms with Gasteiger partial charge in [-0.05, 0) is 6.04 Å². The second-order valence-corrected chi connectivity index (χ2v) is 11.4. The Morgan fingerprint density at radius 2 is 2.00 bits per heavy atom. The summed E-state index contributed by atoms with van der Waals surface area (Å²) in [5.74, 6) is -1.60. The highest BCUT2D eigenvalue weighted by atomic mass is 28.3. The largest absolute Gasteiger partial charge is 0.449 e. The van der Waals surface area contributed by atoms with Gasteiger partial charge in [0.05, 0.1) is 0 Å². The molecule has 0 unspecified atom stereocenters. The molecule has 1 aromatic heterocycles. The number of carbonyl (C=O) groups excluding carboxylic acids is 1. The van der Waals surface area contributed by atoms with E-state index in [4.69, 9.17) is 4.74 Å². The minimum Gasteiger partial charge on any atom is -0.361 e. The van der Waals surface area contributed by atoms with Crippen LogP contribution in [0, 0.1) is 0 Å². The van der Waals surface area contributed by atoms with Crippen LogP contribution in [0.5, 0.6) is 0 Å². The number of aromatic nitrogens is 2. The van der Waals surface area contributed by atoms with Gasteiger partial charge < -0.3 is 9.30 Å². The molecule has 0 bridgehead atoms. The molecular formula is C12H19F3N2O2Si. The number of alkyl halides is 3. The molecule has 0 N–H and O–H groups in total. The summed E-state index contributed by atoms with van der Waals surface area (Å²) in [6, 6.07) is 0.864. The summed E-state index contributed by atoms with van der Waals surface area (Å²) in [6.07, 6.45) is -3.52. The molecule has 0 saturated carbocycles. The molecule has 0 fully saturated rings. The van der Waals surface area contributed by atoms with E-state index in [1.807, 2.05) is 0 Å². The molecule has 4 nitrogen and oxygen atoms in total. The van der Waals surface area contributed by atoms with Crippen LogP contribution in [-0.4, -0.2) is 30.0 Å². The molecule has 0 aromatic carbocycles. The standard InChI is InChI=1S/C12H19F3N2O2Si/c1-9(18)10-7-17(11(16-10)12(13,14)15)8-19-5-6-20(2,3)4/h7H,5-6,8H2,1-4H3. The quantitative estimate of drug-likeness (QED) is 0.459. The second kappa shape index (κ2) is 6.09. The normalized spacial score (nSPS) is 12.8. The van der Waals surface area contributed by atoms with Crippen LogP contribution in [0.1, 0.15) is 23.2 Å². The Kier molecular flexibility index (Phi) is 5.14. The Bertz CT molecular complexity index is 478. The first-order valence-electron chi connectivity index (χ1n) is 6.24. The molecule has 0 radical (unpaired) electrons. The van der Waals surface area contributed by atoms with Crippen LogP contribution in [0.15, 0.2) is 6.20 Å². The summed E-state index contributed by atoms with van der Waals surface area (Å²) in [6.45, 7) is 7.80. The fourth-order valence-corrected chi connectivity index (χ4v) is 2.21. The number of imidazole rings is 1. The molecule has 1 aromatic rings. The smallest absolute Gasteiger partial charge is 0.361 e. The maximum Gasteiger partial charge on any atom is 0.449 e. The predicted molar refractivity (Wildman–Crippen MR) is 71.3 cm³/mol. The Morgan fingerprint density at radius 1 is 1.40 bits per heavy atom. The van der Waals surface area contributed by atoms with Gasteiger partial charge in [-0.2, -0.15) is 13.2 Å². The molecular weight excluding hydrogens is 289 g/mol. The first-order valence-corrected chi connectivity index (χ1v) is 9.94. The average molecular weight is 308 g/mol. The highest BCUT2D eigenvalue weighted by Gasteiger charge is 2.37. The van der Waals surface area contributed by atoms with Crippen molar-refractivity contribution in [1.82, 2.24) is 9.55 Å². The third-order valence-corrected chi connectivity index (χ3v) is 4.32. The Balaban J connectivity index is 2.76. The number of halogens is 3. The number of ketones is 1. The van der Waals surface area contributed by atoms with Crippen molar-refractivity contribution < 1.29 is 22.7 Å². The van der Waals surface area contributed by atoms with E-state index in [9.17, 15) is 18.0 Å². The number of nitrogens with zero attached hydrogens (tertiary/aromatic N) is 2. The van der Waals surface area contributed by atoms with Crippen LogP contribution in [-0.2, 0) is 17.6 Å². The second-order valence-electron chi connectivity index (χ2n) is 5.82. The van der Waals surface area contributed by atoms with Gasteiger partial charge in [0, 0.05) is 27.8 Å². The van der Waals surface area contributed by atoms with Crippen molar-refractivity contribution >= 4 is 13.9 Å². The lowest BCUT2D eigenvalue weighted by Gasteiger charge is -2.16. The van der Waals surface area contributed by atoms with Gasteiger partial charge in [-0.1, -0.05) is 19.6 Å². The van der Waals surface area contributed by atoms with Crippen molar-refractivity contribution in [3.8, 4) is 0 Å². The lowest BCUT2D eigenvalue weighted by molar-refractivity contribution is -0.149. The summed E-state index contributed by atoms with van der Waals surface area (Å²) in [5.41, 5.74) is -0.203. The van der Waals surface area contributed by atoms with E-state index in [0.29, 0.717) is 6.61 Å². The monoisotopic (exact) mass is 308 g/mol. The zero-order valence-corrected chi connectivity index (χ0v) is 13.0. The molecule has 1 heterocycles. The van der Waals surface area contributed by atoms with Gasteiger partial charge in [0.25, 0.3) is 0 Å². The van der Waals surface area contributed by atoms with Gasteiger partial charge in [-0.15, -0.1) is 0 Å². The Morgan fingerprint density at radius 3 is 2.45 bits per heavy atom. The maximum absolute atomic E-state index is 12.8. The molecule has 20 heavy (non-hydrogen) atoms. The van der Waals surface area contributed by atoms with Crippen LogP contribution < -0.4 is 0 Å². The molecule has 0 aliphatic heterocycles. The zero-order chi connectivity index (χ0) is 15.6. The van der Waals surface area contributed by atoms with Crippen molar-refractivity contribution in [1.29, 1.82) is 0 Å². The fourth-order valence-electron chi connectivity index (χ4n) is 1.45. The summed E-state index contributed by atoms with van der Waals surface area (Å²) in [5, 5.41) is 0. The number of hydrogen-bond acceptors (Lipinski definition) is 3.